The van der Waals surface area contributed by atoms with E-state index in [1.807, 2.05) is 13.1 Å². The van der Waals surface area contributed by atoms with Crippen molar-refractivity contribution in [2.75, 3.05) is 7.05 Å². The molecule has 0 fully saturated rings. The van der Waals surface area contributed by atoms with Gasteiger partial charge in [-0.25, -0.2) is 9.37 Å². The first-order valence-electron chi connectivity index (χ1n) is 6.89. The lowest BCUT2D eigenvalue weighted by molar-refractivity contribution is 0.526. The van der Waals surface area contributed by atoms with Crippen LogP contribution in [-0.2, 0) is 11.8 Å². The Morgan fingerprint density at radius 1 is 1.38 bits per heavy atom. The number of aromatic nitrogens is 1. The molecule has 0 bridgehead atoms. The Balaban J connectivity index is 2.26. The van der Waals surface area contributed by atoms with Crippen LogP contribution >= 0.6 is 27.3 Å². The lowest BCUT2D eigenvalue weighted by Crippen LogP contribution is -2.21. The number of thiazole rings is 1. The summed E-state index contributed by atoms with van der Waals surface area (Å²) in [6.07, 6.45) is 0.677. The van der Waals surface area contributed by atoms with Gasteiger partial charge in [-0.2, -0.15) is 0 Å². The highest BCUT2D eigenvalue weighted by Crippen LogP contribution is 2.30. The molecule has 21 heavy (non-hydrogen) atoms. The quantitative estimate of drug-likeness (QED) is 0.832. The van der Waals surface area contributed by atoms with E-state index in [0.717, 1.165) is 15.2 Å². The third-order valence-electron chi connectivity index (χ3n) is 3.40. The van der Waals surface area contributed by atoms with Crippen molar-refractivity contribution < 1.29 is 4.39 Å². The summed E-state index contributed by atoms with van der Waals surface area (Å²) in [7, 11) is 1.85. The zero-order chi connectivity index (χ0) is 15.6. The topological polar surface area (TPSA) is 24.9 Å². The minimum atomic E-state index is -0.198. The van der Waals surface area contributed by atoms with Crippen LogP contribution < -0.4 is 5.32 Å². The molecule has 1 heterocycles. The molecule has 1 atom stereocenters. The molecule has 0 aliphatic heterocycles. The standard InChI is InChI=1S/C16H20BrFN2S/c1-16(2,3)13-9-21-14(20-13)8-12(19-4)15-10(17)6-5-7-11(15)18/h5-7,9,12,19H,8H2,1-4H3. The van der Waals surface area contributed by atoms with Gasteiger partial charge in [0.25, 0.3) is 0 Å². The molecule has 2 rings (SSSR count). The minimum Gasteiger partial charge on any atom is -0.313 e. The maximum absolute atomic E-state index is 14.1. The first-order chi connectivity index (χ1) is 9.82. The Kier molecular flexibility index (Phi) is 5.17. The van der Waals surface area contributed by atoms with Crippen molar-refractivity contribution in [1.82, 2.24) is 10.3 Å². The Labute approximate surface area is 137 Å². The van der Waals surface area contributed by atoms with Gasteiger partial charge in [-0.05, 0) is 19.2 Å². The van der Waals surface area contributed by atoms with Gasteiger partial charge in [0.1, 0.15) is 5.82 Å². The number of nitrogens with zero attached hydrogens (tertiary/aromatic N) is 1. The van der Waals surface area contributed by atoms with E-state index in [-0.39, 0.29) is 17.3 Å². The summed E-state index contributed by atoms with van der Waals surface area (Å²) >= 11 is 5.08. The Hall–Kier alpha value is -0.780. The van der Waals surface area contributed by atoms with Crippen molar-refractivity contribution in [3.63, 3.8) is 0 Å². The van der Waals surface area contributed by atoms with Gasteiger partial charge in [0.2, 0.25) is 0 Å². The second-order valence-electron chi connectivity index (χ2n) is 6.06. The number of nitrogens with one attached hydrogen (secondary N) is 1. The van der Waals surface area contributed by atoms with Crippen molar-refractivity contribution in [2.45, 2.75) is 38.6 Å². The summed E-state index contributed by atoms with van der Waals surface area (Å²) in [4.78, 5) is 4.69. The fourth-order valence-corrected chi connectivity index (χ4v) is 3.80. The largest absolute Gasteiger partial charge is 0.313 e. The molecule has 0 aliphatic carbocycles. The normalized spacial score (nSPS) is 13.4. The summed E-state index contributed by atoms with van der Waals surface area (Å²) in [5.74, 6) is -0.198. The van der Waals surface area contributed by atoms with Crippen molar-refractivity contribution in [3.05, 3.63) is 50.1 Å². The average molecular weight is 371 g/mol. The molecule has 5 heteroatoms. The predicted molar refractivity (Wildman–Crippen MR) is 90.4 cm³/mol. The molecule has 0 saturated heterocycles. The fourth-order valence-electron chi connectivity index (χ4n) is 2.12. The molecular formula is C16H20BrFN2S. The fraction of sp³-hybridized carbons (Fsp3) is 0.438. The second kappa shape index (κ2) is 6.55. The molecule has 2 aromatic rings. The van der Waals surface area contributed by atoms with E-state index in [4.69, 9.17) is 4.98 Å². The van der Waals surface area contributed by atoms with Gasteiger partial charge >= 0.3 is 0 Å². The third-order valence-corrected chi connectivity index (χ3v) is 4.96. The second-order valence-corrected chi connectivity index (χ2v) is 7.85. The van der Waals surface area contributed by atoms with Crippen molar-refractivity contribution in [3.8, 4) is 0 Å². The highest BCUT2D eigenvalue weighted by molar-refractivity contribution is 9.10. The van der Waals surface area contributed by atoms with Gasteiger partial charge in [0.15, 0.2) is 0 Å². The first-order valence-corrected chi connectivity index (χ1v) is 8.56. The molecule has 1 N–H and O–H groups in total. The van der Waals surface area contributed by atoms with E-state index >= 15 is 0 Å². The summed E-state index contributed by atoms with van der Waals surface area (Å²) in [5, 5.41) is 6.31. The van der Waals surface area contributed by atoms with Gasteiger partial charge in [0.05, 0.1) is 10.7 Å². The summed E-state index contributed by atoms with van der Waals surface area (Å²) in [6.45, 7) is 6.44. The summed E-state index contributed by atoms with van der Waals surface area (Å²) in [5.41, 5.74) is 1.79. The van der Waals surface area contributed by atoms with Gasteiger partial charge < -0.3 is 5.32 Å². The van der Waals surface area contributed by atoms with E-state index in [2.05, 4.69) is 47.4 Å². The lowest BCUT2D eigenvalue weighted by atomic mass is 9.93. The number of hydrogen-bond donors (Lipinski definition) is 1. The van der Waals surface area contributed by atoms with E-state index in [1.54, 1.807) is 17.4 Å². The first kappa shape index (κ1) is 16.6. The van der Waals surface area contributed by atoms with E-state index in [0.29, 0.717) is 12.0 Å². The molecule has 0 amide bonds. The molecule has 114 valence electrons. The maximum atomic E-state index is 14.1. The van der Waals surface area contributed by atoms with Gasteiger partial charge in [-0.1, -0.05) is 42.8 Å². The van der Waals surface area contributed by atoms with Gasteiger partial charge in [-0.3, -0.25) is 0 Å². The summed E-state index contributed by atoms with van der Waals surface area (Å²) < 4.78 is 14.9. The predicted octanol–water partition coefficient (Wildman–Crippen LogP) is 4.85. The van der Waals surface area contributed by atoms with E-state index in [1.165, 1.54) is 6.07 Å². The molecule has 2 nitrogen and oxygen atoms in total. The van der Waals surface area contributed by atoms with Gasteiger partial charge in [0, 0.05) is 33.3 Å². The molecule has 0 aliphatic rings. The highest BCUT2D eigenvalue weighted by Gasteiger charge is 2.21. The Morgan fingerprint density at radius 3 is 2.62 bits per heavy atom. The van der Waals surface area contributed by atoms with E-state index in [9.17, 15) is 4.39 Å². The van der Waals surface area contributed by atoms with Crippen LogP contribution in [0.4, 0.5) is 4.39 Å². The van der Waals surface area contributed by atoms with Crippen LogP contribution in [0, 0.1) is 5.82 Å². The zero-order valence-corrected chi connectivity index (χ0v) is 15.1. The smallest absolute Gasteiger partial charge is 0.129 e. The van der Waals surface area contributed by atoms with Gasteiger partial charge in [-0.15, -0.1) is 11.3 Å². The number of rotatable bonds is 4. The van der Waals surface area contributed by atoms with Crippen LogP contribution in [0.5, 0.6) is 0 Å². The number of likely N-dealkylation sites (N-methyl/N-ethyl adjacent to an activating group) is 1. The maximum Gasteiger partial charge on any atom is 0.129 e. The van der Waals surface area contributed by atoms with Crippen molar-refractivity contribution >= 4 is 27.3 Å². The lowest BCUT2D eigenvalue weighted by Gasteiger charge is -2.18. The Morgan fingerprint density at radius 2 is 2.10 bits per heavy atom. The summed E-state index contributed by atoms with van der Waals surface area (Å²) in [6, 6.07) is 4.97. The van der Waals surface area contributed by atoms with Crippen LogP contribution in [0.15, 0.2) is 28.1 Å². The number of halogens is 2. The Bertz CT molecular complexity index is 599. The molecule has 1 unspecified atom stereocenters. The van der Waals surface area contributed by atoms with E-state index < -0.39 is 0 Å². The molecule has 1 aromatic carbocycles. The molecule has 0 radical (unpaired) electrons. The molecule has 0 spiro atoms. The van der Waals surface area contributed by atoms with Crippen LogP contribution in [0.25, 0.3) is 0 Å². The number of hydrogen-bond acceptors (Lipinski definition) is 3. The van der Waals surface area contributed by atoms with Crippen LogP contribution in [0.3, 0.4) is 0 Å². The molecule has 1 aromatic heterocycles. The minimum absolute atomic E-state index is 0.0441. The average Bonchev–Trinajstić information content (AvgIpc) is 2.85. The zero-order valence-electron chi connectivity index (χ0n) is 12.7. The van der Waals surface area contributed by atoms with Crippen LogP contribution in [-0.4, -0.2) is 12.0 Å². The SMILES string of the molecule is CNC(Cc1nc(C(C)(C)C)cs1)c1c(F)cccc1Br. The van der Waals surface area contributed by atoms with Crippen LogP contribution in [0.1, 0.15) is 43.1 Å². The van der Waals surface area contributed by atoms with Crippen LogP contribution in [0.2, 0.25) is 0 Å². The third kappa shape index (κ3) is 3.90. The monoisotopic (exact) mass is 370 g/mol. The van der Waals surface area contributed by atoms with Crippen molar-refractivity contribution in [1.29, 1.82) is 0 Å². The molecule has 0 saturated carbocycles. The molecular weight excluding hydrogens is 351 g/mol. The highest BCUT2D eigenvalue weighted by atomic mass is 79.9. The number of benzene rings is 1. The van der Waals surface area contributed by atoms with Crippen molar-refractivity contribution in [2.24, 2.45) is 0 Å².